The minimum Gasteiger partial charge on any atom is -0.339 e. The minimum atomic E-state index is -1.78. The van der Waals surface area contributed by atoms with Crippen LogP contribution in [0, 0.1) is 5.92 Å². The number of halogens is 1. The van der Waals surface area contributed by atoms with Crippen molar-refractivity contribution < 1.29 is 13.7 Å². The van der Waals surface area contributed by atoms with E-state index in [0.717, 1.165) is 12.8 Å². The van der Waals surface area contributed by atoms with Crippen molar-refractivity contribution in [2.24, 2.45) is 5.92 Å². The van der Waals surface area contributed by atoms with Crippen molar-refractivity contribution in [2.75, 3.05) is 13.1 Å². The number of hydrogen-bond acceptors (Lipinski definition) is 5. The summed E-state index contributed by atoms with van der Waals surface area (Å²) in [6.45, 7) is 0.591. The van der Waals surface area contributed by atoms with Crippen molar-refractivity contribution in [3.8, 4) is 11.4 Å². The molecule has 7 heteroatoms. The average molecular weight is 358 g/mol. The van der Waals surface area contributed by atoms with Gasteiger partial charge in [0.1, 0.15) is 0 Å². The summed E-state index contributed by atoms with van der Waals surface area (Å²) in [7, 11) is 0. The summed E-state index contributed by atoms with van der Waals surface area (Å²) in [5, 5.41) is 3.89. The fourth-order valence-electron chi connectivity index (χ4n) is 4.01. The molecule has 1 aliphatic heterocycles. The normalized spacial score (nSPS) is 24.1. The lowest BCUT2D eigenvalue weighted by Gasteiger charge is -2.35. The van der Waals surface area contributed by atoms with E-state index in [0.29, 0.717) is 36.7 Å². The van der Waals surface area contributed by atoms with Gasteiger partial charge in [0.25, 0.3) is 5.89 Å². The Morgan fingerprint density at radius 3 is 2.96 bits per heavy atom. The SMILES string of the molecule is O=C(CC1CCCC1)N1CCCC(F)(c2nc(-c3cccnc3)no2)C1. The summed E-state index contributed by atoms with van der Waals surface area (Å²) >= 11 is 0. The molecule has 138 valence electrons. The number of nitrogens with zero attached hydrogens (tertiary/aromatic N) is 4. The molecule has 1 aliphatic carbocycles. The van der Waals surface area contributed by atoms with Crippen molar-refractivity contribution in [1.82, 2.24) is 20.0 Å². The topological polar surface area (TPSA) is 72.1 Å². The van der Waals surface area contributed by atoms with E-state index in [9.17, 15) is 4.79 Å². The number of amides is 1. The number of carbonyl (C=O) groups is 1. The van der Waals surface area contributed by atoms with Crippen LogP contribution < -0.4 is 0 Å². The predicted molar refractivity (Wildman–Crippen MR) is 92.7 cm³/mol. The summed E-state index contributed by atoms with van der Waals surface area (Å²) in [5.41, 5.74) is -1.10. The maximum Gasteiger partial charge on any atom is 0.266 e. The quantitative estimate of drug-likeness (QED) is 0.836. The average Bonchev–Trinajstić information content (AvgIpc) is 3.35. The van der Waals surface area contributed by atoms with Crippen molar-refractivity contribution in [1.29, 1.82) is 0 Å². The Labute approximate surface area is 151 Å². The standard InChI is InChI=1S/C19H23FN4O2/c20-19(18-22-17(23-26-18)15-7-3-9-21-12-15)8-4-10-24(13-19)16(25)11-14-5-1-2-6-14/h3,7,9,12,14H,1-2,4-6,8,10-11,13H2. The van der Waals surface area contributed by atoms with Gasteiger partial charge < -0.3 is 9.42 Å². The van der Waals surface area contributed by atoms with Crippen LogP contribution in [0.5, 0.6) is 0 Å². The lowest BCUT2D eigenvalue weighted by atomic mass is 9.93. The number of likely N-dealkylation sites (tertiary alicyclic amines) is 1. The number of alkyl halides is 1. The number of aromatic nitrogens is 3. The second-order valence-electron chi connectivity index (χ2n) is 7.40. The van der Waals surface area contributed by atoms with Gasteiger partial charge in [0.05, 0.1) is 6.54 Å². The molecular formula is C19H23FN4O2. The molecule has 26 heavy (non-hydrogen) atoms. The van der Waals surface area contributed by atoms with Gasteiger partial charge in [0.15, 0.2) is 0 Å². The molecule has 3 heterocycles. The molecule has 2 fully saturated rings. The molecule has 2 aromatic rings. The first-order valence-corrected chi connectivity index (χ1v) is 9.35. The third kappa shape index (κ3) is 3.48. The van der Waals surface area contributed by atoms with Gasteiger partial charge in [0.2, 0.25) is 17.4 Å². The molecule has 1 saturated carbocycles. The van der Waals surface area contributed by atoms with Crippen LogP contribution >= 0.6 is 0 Å². The highest BCUT2D eigenvalue weighted by molar-refractivity contribution is 5.76. The van der Waals surface area contributed by atoms with Crippen LogP contribution in [-0.2, 0) is 10.5 Å². The molecule has 1 saturated heterocycles. The van der Waals surface area contributed by atoms with E-state index in [1.54, 1.807) is 29.4 Å². The molecular weight excluding hydrogens is 335 g/mol. The van der Waals surface area contributed by atoms with Crippen molar-refractivity contribution in [3.05, 3.63) is 30.4 Å². The first-order valence-electron chi connectivity index (χ1n) is 9.35. The molecule has 0 radical (unpaired) electrons. The summed E-state index contributed by atoms with van der Waals surface area (Å²) < 4.78 is 20.8. The Morgan fingerprint density at radius 2 is 2.19 bits per heavy atom. The molecule has 2 aliphatic rings. The second kappa shape index (κ2) is 7.13. The van der Waals surface area contributed by atoms with E-state index in [4.69, 9.17) is 4.52 Å². The number of carbonyl (C=O) groups excluding carboxylic acids is 1. The van der Waals surface area contributed by atoms with Crippen LogP contribution in [0.25, 0.3) is 11.4 Å². The largest absolute Gasteiger partial charge is 0.339 e. The zero-order chi connectivity index (χ0) is 18.0. The maximum absolute atomic E-state index is 15.6. The molecule has 1 unspecified atom stereocenters. The monoisotopic (exact) mass is 358 g/mol. The Kier molecular flexibility index (Phi) is 4.70. The van der Waals surface area contributed by atoms with Crippen LogP contribution in [-0.4, -0.2) is 39.0 Å². The second-order valence-corrected chi connectivity index (χ2v) is 7.40. The molecule has 0 N–H and O–H groups in total. The van der Waals surface area contributed by atoms with Crippen molar-refractivity contribution in [2.45, 2.75) is 50.6 Å². The Morgan fingerprint density at radius 1 is 1.35 bits per heavy atom. The lowest BCUT2D eigenvalue weighted by molar-refractivity contribution is -0.137. The summed E-state index contributed by atoms with van der Waals surface area (Å²) in [6, 6.07) is 3.56. The van der Waals surface area contributed by atoms with Gasteiger partial charge in [0, 0.05) is 30.9 Å². The first-order chi connectivity index (χ1) is 12.6. The highest BCUT2D eigenvalue weighted by Gasteiger charge is 2.44. The van der Waals surface area contributed by atoms with E-state index < -0.39 is 5.67 Å². The van der Waals surface area contributed by atoms with Gasteiger partial charge in [-0.15, -0.1) is 0 Å². The zero-order valence-corrected chi connectivity index (χ0v) is 14.7. The maximum atomic E-state index is 15.6. The summed E-state index contributed by atoms with van der Waals surface area (Å²) in [4.78, 5) is 22.5. The molecule has 2 aromatic heterocycles. The molecule has 1 atom stereocenters. The van der Waals surface area contributed by atoms with Gasteiger partial charge in [-0.25, -0.2) is 4.39 Å². The fourth-order valence-corrected chi connectivity index (χ4v) is 4.01. The van der Waals surface area contributed by atoms with Gasteiger partial charge in [-0.05, 0) is 43.7 Å². The van der Waals surface area contributed by atoms with Gasteiger partial charge >= 0.3 is 0 Å². The lowest BCUT2D eigenvalue weighted by Crippen LogP contribution is -2.46. The Hall–Kier alpha value is -2.31. The van der Waals surface area contributed by atoms with E-state index in [1.807, 2.05) is 0 Å². The van der Waals surface area contributed by atoms with Crippen molar-refractivity contribution >= 4 is 5.91 Å². The van der Waals surface area contributed by atoms with E-state index in [2.05, 4.69) is 15.1 Å². The van der Waals surface area contributed by atoms with Crippen LogP contribution in [0.1, 0.15) is 50.8 Å². The van der Waals surface area contributed by atoms with Crippen LogP contribution in [0.15, 0.2) is 29.0 Å². The van der Waals surface area contributed by atoms with E-state index in [1.165, 1.54) is 12.8 Å². The smallest absolute Gasteiger partial charge is 0.266 e. The van der Waals surface area contributed by atoms with E-state index >= 15 is 4.39 Å². The van der Waals surface area contributed by atoms with Crippen LogP contribution in [0.2, 0.25) is 0 Å². The Bertz CT molecular complexity index is 760. The predicted octanol–water partition coefficient (Wildman–Crippen LogP) is 3.50. The molecule has 4 rings (SSSR count). The van der Waals surface area contributed by atoms with Crippen molar-refractivity contribution in [3.63, 3.8) is 0 Å². The van der Waals surface area contributed by atoms with Crippen LogP contribution in [0.3, 0.4) is 0 Å². The van der Waals surface area contributed by atoms with Crippen LogP contribution in [0.4, 0.5) is 4.39 Å². The number of pyridine rings is 1. The third-order valence-electron chi connectivity index (χ3n) is 5.46. The fraction of sp³-hybridized carbons (Fsp3) is 0.579. The zero-order valence-electron chi connectivity index (χ0n) is 14.7. The summed E-state index contributed by atoms with van der Waals surface area (Å²) in [6.07, 6.45) is 9.28. The van der Waals surface area contributed by atoms with E-state index in [-0.39, 0.29) is 24.8 Å². The molecule has 6 nitrogen and oxygen atoms in total. The molecule has 1 amide bonds. The number of rotatable bonds is 4. The number of hydrogen-bond donors (Lipinski definition) is 0. The number of piperidine rings is 1. The molecule has 0 aromatic carbocycles. The minimum absolute atomic E-state index is 0.00672. The molecule has 0 spiro atoms. The van der Waals surface area contributed by atoms with Gasteiger partial charge in [-0.2, -0.15) is 4.98 Å². The highest BCUT2D eigenvalue weighted by atomic mass is 19.1. The first kappa shape index (κ1) is 17.1. The van der Waals surface area contributed by atoms with Gasteiger partial charge in [-0.3, -0.25) is 9.78 Å². The Balaban J connectivity index is 1.47. The highest BCUT2D eigenvalue weighted by Crippen LogP contribution is 2.36. The van der Waals surface area contributed by atoms with Gasteiger partial charge in [-0.1, -0.05) is 18.0 Å². The molecule has 0 bridgehead atoms. The summed E-state index contributed by atoms with van der Waals surface area (Å²) in [5.74, 6) is 0.777. The third-order valence-corrected chi connectivity index (χ3v) is 5.46.